The number of rotatable bonds is 6. The normalized spacial score (nSPS) is 14.6. The van der Waals surface area contributed by atoms with Gasteiger partial charge in [0.1, 0.15) is 0 Å². The van der Waals surface area contributed by atoms with Gasteiger partial charge in [0.2, 0.25) is 0 Å². The first-order chi connectivity index (χ1) is 8.04. The van der Waals surface area contributed by atoms with Crippen molar-refractivity contribution in [3.8, 4) is 0 Å². The fraction of sp³-hybridized carbons (Fsp3) is 0.538. The van der Waals surface area contributed by atoms with Gasteiger partial charge in [-0.05, 0) is 50.0 Å². The van der Waals surface area contributed by atoms with E-state index in [-0.39, 0.29) is 0 Å². The Labute approximate surface area is 118 Å². The van der Waals surface area contributed by atoms with E-state index in [1.807, 2.05) is 30.0 Å². The molecule has 0 heterocycles. The van der Waals surface area contributed by atoms with Crippen molar-refractivity contribution in [1.29, 1.82) is 0 Å². The smallest absolute Gasteiger partial charge is 0.0595 e. The summed E-state index contributed by atoms with van der Waals surface area (Å²) in [6.07, 6.45) is 3.31. The van der Waals surface area contributed by atoms with E-state index >= 15 is 0 Å². The van der Waals surface area contributed by atoms with E-state index in [0.717, 1.165) is 0 Å². The number of benzene rings is 1. The number of thioether (sulfide) groups is 1. The molecular formula is C13H19Cl2NS. The molecule has 0 saturated heterocycles. The third-order valence-electron chi connectivity index (χ3n) is 2.73. The van der Waals surface area contributed by atoms with Gasteiger partial charge < -0.3 is 5.32 Å². The van der Waals surface area contributed by atoms with Crippen LogP contribution in [-0.4, -0.2) is 18.1 Å². The first kappa shape index (κ1) is 15.2. The molecule has 0 aromatic heterocycles. The molecule has 0 saturated carbocycles. The Balaban J connectivity index is 2.57. The summed E-state index contributed by atoms with van der Waals surface area (Å²) in [4.78, 5) is 0. The minimum absolute atomic E-state index is 0.293. The molecule has 0 radical (unpaired) electrons. The SMILES string of the molecule is CSCCC(C)NC(C)c1ccc(Cl)c(Cl)c1. The van der Waals surface area contributed by atoms with Gasteiger partial charge in [-0.2, -0.15) is 11.8 Å². The zero-order valence-corrected chi connectivity index (χ0v) is 12.8. The Kier molecular flexibility index (Phi) is 6.71. The van der Waals surface area contributed by atoms with Crippen LogP contribution in [0.3, 0.4) is 0 Å². The summed E-state index contributed by atoms with van der Waals surface area (Å²) in [7, 11) is 0. The van der Waals surface area contributed by atoms with Gasteiger partial charge in [0.15, 0.2) is 0 Å². The van der Waals surface area contributed by atoms with Crippen molar-refractivity contribution in [2.45, 2.75) is 32.4 Å². The fourth-order valence-electron chi connectivity index (χ4n) is 1.68. The van der Waals surface area contributed by atoms with Gasteiger partial charge in [-0.3, -0.25) is 0 Å². The summed E-state index contributed by atoms with van der Waals surface area (Å²) in [6.45, 7) is 4.36. The maximum absolute atomic E-state index is 6.02. The van der Waals surface area contributed by atoms with E-state index in [1.54, 1.807) is 0 Å². The molecule has 4 heteroatoms. The molecule has 2 unspecified atom stereocenters. The zero-order valence-electron chi connectivity index (χ0n) is 10.5. The van der Waals surface area contributed by atoms with Crippen LogP contribution in [0.15, 0.2) is 18.2 Å². The van der Waals surface area contributed by atoms with Gasteiger partial charge in [-0.1, -0.05) is 29.3 Å². The highest BCUT2D eigenvalue weighted by Gasteiger charge is 2.10. The van der Waals surface area contributed by atoms with Gasteiger partial charge in [0.25, 0.3) is 0 Å². The lowest BCUT2D eigenvalue weighted by Gasteiger charge is -2.20. The second-order valence-electron chi connectivity index (χ2n) is 4.24. The van der Waals surface area contributed by atoms with Crippen LogP contribution >= 0.6 is 35.0 Å². The molecule has 96 valence electrons. The second kappa shape index (κ2) is 7.52. The topological polar surface area (TPSA) is 12.0 Å². The quantitative estimate of drug-likeness (QED) is 0.809. The second-order valence-corrected chi connectivity index (χ2v) is 6.04. The summed E-state index contributed by atoms with van der Waals surface area (Å²) in [5.41, 5.74) is 1.18. The van der Waals surface area contributed by atoms with Crippen molar-refractivity contribution in [3.05, 3.63) is 33.8 Å². The highest BCUT2D eigenvalue weighted by atomic mass is 35.5. The zero-order chi connectivity index (χ0) is 12.8. The molecule has 1 nitrogen and oxygen atoms in total. The van der Waals surface area contributed by atoms with E-state index < -0.39 is 0 Å². The summed E-state index contributed by atoms with van der Waals surface area (Å²) in [5, 5.41) is 4.79. The maximum atomic E-state index is 6.02. The molecule has 0 bridgehead atoms. The fourth-order valence-corrected chi connectivity index (χ4v) is 2.58. The first-order valence-electron chi connectivity index (χ1n) is 5.74. The lowest BCUT2D eigenvalue weighted by molar-refractivity contribution is 0.472. The molecule has 0 amide bonds. The van der Waals surface area contributed by atoms with E-state index in [9.17, 15) is 0 Å². The number of nitrogens with one attached hydrogen (secondary N) is 1. The van der Waals surface area contributed by atoms with E-state index in [2.05, 4.69) is 25.4 Å². The molecule has 0 fully saturated rings. The lowest BCUT2D eigenvalue weighted by atomic mass is 10.1. The average molecular weight is 292 g/mol. The van der Waals surface area contributed by atoms with Crippen molar-refractivity contribution >= 4 is 35.0 Å². The molecule has 0 spiro atoms. The third-order valence-corrected chi connectivity index (χ3v) is 4.12. The van der Waals surface area contributed by atoms with E-state index in [4.69, 9.17) is 23.2 Å². The maximum Gasteiger partial charge on any atom is 0.0595 e. The van der Waals surface area contributed by atoms with Crippen LogP contribution < -0.4 is 5.32 Å². The third kappa shape index (κ3) is 5.09. The van der Waals surface area contributed by atoms with Gasteiger partial charge in [0.05, 0.1) is 10.0 Å². The van der Waals surface area contributed by atoms with Crippen molar-refractivity contribution in [1.82, 2.24) is 5.32 Å². The Morgan fingerprint density at radius 1 is 1.24 bits per heavy atom. The lowest BCUT2D eigenvalue weighted by Crippen LogP contribution is -2.29. The molecule has 2 atom stereocenters. The molecular weight excluding hydrogens is 273 g/mol. The highest BCUT2D eigenvalue weighted by molar-refractivity contribution is 7.98. The standard InChI is InChI=1S/C13H19Cl2NS/c1-9(6-7-17-3)16-10(2)11-4-5-12(14)13(15)8-11/h4-5,8-10,16H,6-7H2,1-3H3. The predicted octanol–water partition coefficient (Wildman–Crippen LogP) is 4.79. The van der Waals surface area contributed by atoms with E-state index in [1.165, 1.54) is 17.7 Å². The van der Waals surface area contributed by atoms with Crippen molar-refractivity contribution < 1.29 is 0 Å². The van der Waals surface area contributed by atoms with Crippen molar-refractivity contribution in [2.24, 2.45) is 0 Å². The van der Waals surface area contributed by atoms with E-state index in [0.29, 0.717) is 22.1 Å². The minimum Gasteiger partial charge on any atom is -0.308 e. The van der Waals surface area contributed by atoms with Crippen LogP contribution in [0.5, 0.6) is 0 Å². The molecule has 17 heavy (non-hydrogen) atoms. The molecule has 0 aliphatic carbocycles. The van der Waals surface area contributed by atoms with Gasteiger partial charge in [-0.15, -0.1) is 0 Å². The first-order valence-corrected chi connectivity index (χ1v) is 7.89. The molecule has 0 aliphatic rings. The summed E-state index contributed by atoms with van der Waals surface area (Å²) in [5.74, 6) is 1.18. The molecule has 1 N–H and O–H groups in total. The van der Waals surface area contributed by atoms with Crippen LogP contribution in [0.25, 0.3) is 0 Å². The number of hydrogen-bond acceptors (Lipinski definition) is 2. The Hall–Kier alpha value is 0.110. The minimum atomic E-state index is 0.293. The molecule has 1 rings (SSSR count). The van der Waals surface area contributed by atoms with Gasteiger partial charge in [0, 0.05) is 12.1 Å². The van der Waals surface area contributed by atoms with Crippen LogP contribution in [0, 0.1) is 0 Å². The van der Waals surface area contributed by atoms with Crippen LogP contribution in [0.1, 0.15) is 31.9 Å². The van der Waals surface area contributed by atoms with Crippen molar-refractivity contribution in [2.75, 3.05) is 12.0 Å². The number of hydrogen-bond donors (Lipinski definition) is 1. The Morgan fingerprint density at radius 3 is 2.53 bits per heavy atom. The monoisotopic (exact) mass is 291 g/mol. The largest absolute Gasteiger partial charge is 0.308 e. The van der Waals surface area contributed by atoms with Crippen LogP contribution in [-0.2, 0) is 0 Å². The molecule has 1 aromatic rings. The molecule has 0 aliphatic heterocycles. The Morgan fingerprint density at radius 2 is 1.94 bits per heavy atom. The Bertz CT molecular complexity index is 357. The predicted molar refractivity (Wildman–Crippen MR) is 80.5 cm³/mol. The average Bonchev–Trinajstić information content (AvgIpc) is 2.30. The van der Waals surface area contributed by atoms with Gasteiger partial charge >= 0.3 is 0 Å². The van der Waals surface area contributed by atoms with Crippen LogP contribution in [0.2, 0.25) is 10.0 Å². The highest BCUT2D eigenvalue weighted by Crippen LogP contribution is 2.25. The summed E-state index contributed by atoms with van der Waals surface area (Å²) >= 11 is 13.8. The summed E-state index contributed by atoms with van der Waals surface area (Å²) in [6, 6.07) is 6.61. The number of halogens is 2. The van der Waals surface area contributed by atoms with Crippen LogP contribution in [0.4, 0.5) is 0 Å². The van der Waals surface area contributed by atoms with Gasteiger partial charge in [-0.25, -0.2) is 0 Å². The molecule has 1 aromatic carbocycles. The summed E-state index contributed by atoms with van der Waals surface area (Å²) < 4.78 is 0. The van der Waals surface area contributed by atoms with Crippen molar-refractivity contribution in [3.63, 3.8) is 0 Å².